The van der Waals surface area contributed by atoms with Crippen LogP contribution in [0.15, 0.2) is 24.3 Å². The Hall–Kier alpha value is -2.68. The molecule has 1 atom stereocenters. The van der Waals surface area contributed by atoms with Crippen molar-refractivity contribution in [1.82, 2.24) is 19.6 Å². The minimum Gasteiger partial charge on any atom is -0.335 e. The van der Waals surface area contributed by atoms with Crippen molar-refractivity contribution in [2.45, 2.75) is 52.6 Å². The molecule has 190 valence electrons. The predicted octanol–water partition coefficient (Wildman–Crippen LogP) is 4.66. The van der Waals surface area contributed by atoms with Crippen LogP contribution in [0.1, 0.15) is 59.9 Å². The average Bonchev–Trinajstić information content (AvgIpc) is 3.13. The quantitative estimate of drug-likeness (QED) is 0.452. The number of carbonyl (C=O) groups is 2. The van der Waals surface area contributed by atoms with Crippen LogP contribution < -0.4 is 0 Å². The molecule has 0 bridgehead atoms. The number of halogens is 3. The molecule has 2 aliphatic heterocycles. The molecule has 1 unspecified atom stereocenters. The molecule has 4 rings (SSSR count). The number of hydrogen-bond acceptors (Lipinski definition) is 4. The highest BCUT2D eigenvalue weighted by molar-refractivity contribution is 6.43. The van der Waals surface area contributed by atoms with E-state index < -0.39 is 23.4 Å². The third-order valence-corrected chi connectivity index (χ3v) is 7.33. The molecule has 35 heavy (non-hydrogen) atoms. The highest BCUT2D eigenvalue weighted by Crippen LogP contribution is 2.31. The number of benzene rings is 1. The number of Topliss-reactive ketones (excluding diaryl/α,β-unsaturated/α-hetero) is 1. The van der Waals surface area contributed by atoms with Gasteiger partial charge in [-0.1, -0.05) is 13.0 Å². The predicted molar refractivity (Wildman–Crippen MR) is 127 cm³/mol. The van der Waals surface area contributed by atoms with Gasteiger partial charge in [0, 0.05) is 19.6 Å². The number of aryl methyl sites for hydroxylation is 1. The van der Waals surface area contributed by atoms with Crippen LogP contribution in [0.2, 0.25) is 0 Å². The number of likely N-dealkylation sites (tertiary alicyclic amines) is 2. The third kappa shape index (κ3) is 5.60. The first kappa shape index (κ1) is 25.4. The number of alkyl halides is 3. The van der Waals surface area contributed by atoms with Gasteiger partial charge < -0.3 is 9.80 Å². The van der Waals surface area contributed by atoms with Gasteiger partial charge in [0.2, 0.25) is 0 Å². The maximum atomic E-state index is 13.3. The van der Waals surface area contributed by atoms with E-state index in [1.54, 1.807) is 18.7 Å². The third-order valence-electron chi connectivity index (χ3n) is 7.33. The van der Waals surface area contributed by atoms with E-state index in [2.05, 4.69) is 16.9 Å². The number of aromatic nitrogens is 2. The molecule has 0 aliphatic carbocycles. The fourth-order valence-electron chi connectivity index (χ4n) is 5.30. The van der Waals surface area contributed by atoms with Crippen molar-refractivity contribution in [1.29, 1.82) is 0 Å². The van der Waals surface area contributed by atoms with Crippen molar-refractivity contribution < 1.29 is 22.8 Å². The molecule has 2 saturated heterocycles. The standard InChI is InChI=1S/C26H33F3N4O2/c1-17-9-12-31(13-10-17)15-20-6-5-11-32(16-20)25(35)24(34)23-18(2)30-33(19(23)3)22-8-4-7-21(14-22)26(27,28)29/h4,7-8,14,17,20H,5-6,9-13,15-16H2,1-3H3. The molecule has 2 aromatic rings. The number of ketones is 1. The van der Waals surface area contributed by atoms with Gasteiger partial charge in [0.1, 0.15) is 0 Å². The van der Waals surface area contributed by atoms with Crippen LogP contribution in [0.4, 0.5) is 13.2 Å². The number of hydrogen-bond donors (Lipinski definition) is 0. The van der Waals surface area contributed by atoms with E-state index in [9.17, 15) is 22.8 Å². The van der Waals surface area contributed by atoms with Crippen molar-refractivity contribution in [2.75, 3.05) is 32.7 Å². The molecular formula is C26H33F3N4O2. The number of nitrogens with zero attached hydrogens (tertiary/aromatic N) is 4. The molecule has 0 saturated carbocycles. The van der Waals surface area contributed by atoms with Gasteiger partial charge in [0.25, 0.3) is 11.7 Å². The van der Waals surface area contributed by atoms with Crippen molar-refractivity contribution >= 4 is 11.7 Å². The lowest BCUT2D eigenvalue weighted by Gasteiger charge is -2.37. The molecule has 2 fully saturated rings. The Morgan fingerprint density at radius 2 is 1.80 bits per heavy atom. The first-order chi connectivity index (χ1) is 16.5. The molecule has 2 aliphatic rings. The monoisotopic (exact) mass is 490 g/mol. The van der Waals surface area contributed by atoms with Crippen LogP contribution in [0.3, 0.4) is 0 Å². The summed E-state index contributed by atoms with van der Waals surface area (Å²) in [7, 11) is 0. The zero-order valence-corrected chi connectivity index (χ0v) is 20.6. The minimum atomic E-state index is -4.49. The minimum absolute atomic E-state index is 0.166. The van der Waals surface area contributed by atoms with Gasteiger partial charge in [0.05, 0.1) is 28.2 Å². The molecule has 1 amide bonds. The van der Waals surface area contributed by atoms with Crippen molar-refractivity contribution in [3.63, 3.8) is 0 Å². The largest absolute Gasteiger partial charge is 0.416 e. The molecule has 0 N–H and O–H groups in total. The van der Waals surface area contributed by atoms with E-state index in [0.717, 1.165) is 50.5 Å². The Balaban J connectivity index is 1.48. The fourth-order valence-corrected chi connectivity index (χ4v) is 5.30. The topological polar surface area (TPSA) is 58.4 Å². The maximum Gasteiger partial charge on any atom is 0.416 e. The summed E-state index contributed by atoms with van der Waals surface area (Å²) in [4.78, 5) is 30.6. The van der Waals surface area contributed by atoms with Crippen LogP contribution in [0, 0.1) is 25.7 Å². The van der Waals surface area contributed by atoms with Crippen LogP contribution in [-0.4, -0.2) is 64.0 Å². The zero-order valence-electron chi connectivity index (χ0n) is 20.6. The second-order valence-corrected chi connectivity index (χ2v) is 10.1. The molecular weight excluding hydrogens is 457 g/mol. The second kappa shape index (κ2) is 10.1. The number of carbonyl (C=O) groups excluding carboxylic acids is 2. The van der Waals surface area contributed by atoms with Gasteiger partial charge in [-0.15, -0.1) is 0 Å². The SMILES string of the molecule is Cc1nn(-c2cccc(C(F)(F)F)c2)c(C)c1C(=O)C(=O)N1CCCC(CN2CCC(C)CC2)C1. The first-order valence-corrected chi connectivity index (χ1v) is 12.3. The molecule has 1 aromatic heterocycles. The Morgan fingerprint density at radius 3 is 2.49 bits per heavy atom. The van der Waals surface area contributed by atoms with E-state index >= 15 is 0 Å². The molecule has 9 heteroatoms. The van der Waals surface area contributed by atoms with Crippen molar-refractivity contribution in [2.24, 2.45) is 11.8 Å². The summed E-state index contributed by atoms with van der Waals surface area (Å²) in [5.41, 5.74) is 0.250. The van der Waals surface area contributed by atoms with Gasteiger partial charge in [-0.05, 0) is 82.7 Å². The second-order valence-electron chi connectivity index (χ2n) is 10.1. The lowest BCUT2D eigenvalue weighted by Crippen LogP contribution is -2.47. The molecule has 0 spiro atoms. The Bertz CT molecular complexity index is 1090. The van der Waals surface area contributed by atoms with E-state index in [0.29, 0.717) is 30.4 Å². The summed E-state index contributed by atoms with van der Waals surface area (Å²) in [5.74, 6) is -0.108. The van der Waals surface area contributed by atoms with E-state index in [1.165, 1.54) is 29.7 Å². The van der Waals surface area contributed by atoms with E-state index in [1.807, 2.05) is 0 Å². The van der Waals surface area contributed by atoms with Gasteiger partial charge >= 0.3 is 6.18 Å². The van der Waals surface area contributed by atoms with Crippen LogP contribution >= 0.6 is 0 Å². The Morgan fingerprint density at radius 1 is 1.09 bits per heavy atom. The molecule has 1 aromatic carbocycles. The highest BCUT2D eigenvalue weighted by atomic mass is 19.4. The maximum absolute atomic E-state index is 13.3. The molecule has 6 nitrogen and oxygen atoms in total. The lowest BCUT2D eigenvalue weighted by atomic mass is 9.94. The average molecular weight is 491 g/mol. The lowest BCUT2D eigenvalue weighted by molar-refractivity contribution is -0.137. The summed E-state index contributed by atoms with van der Waals surface area (Å²) in [6.07, 6.45) is -0.201. The summed E-state index contributed by atoms with van der Waals surface area (Å²) in [6.45, 7) is 9.69. The van der Waals surface area contributed by atoms with Gasteiger partial charge in [-0.25, -0.2) is 4.68 Å². The van der Waals surface area contributed by atoms with Crippen LogP contribution in [0.25, 0.3) is 5.69 Å². The van der Waals surface area contributed by atoms with E-state index in [4.69, 9.17) is 0 Å². The molecule has 3 heterocycles. The summed E-state index contributed by atoms with van der Waals surface area (Å²) in [5, 5.41) is 4.30. The Kier molecular flexibility index (Phi) is 7.35. The Labute approximate surface area is 204 Å². The first-order valence-electron chi connectivity index (χ1n) is 12.3. The van der Waals surface area contributed by atoms with Crippen LogP contribution in [0.5, 0.6) is 0 Å². The number of piperidine rings is 2. The normalized spacial score (nSPS) is 20.3. The van der Waals surface area contributed by atoms with Crippen molar-refractivity contribution in [3.05, 3.63) is 46.8 Å². The van der Waals surface area contributed by atoms with E-state index in [-0.39, 0.29) is 11.3 Å². The molecule has 0 radical (unpaired) electrons. The van der Waals surface area contributed by atoms with Gasteiger partial charge in [-0.3, -0.25) is 9.59 Å². The van der Waals surface area contributed by atoms with Crippen molar-refractivity contribution in [3.8, 4) is 5.69 Å². The number of amides is 1. The summed E-state index contributed by atoms with van der Waals surface area (Å²) < 4.78 is 40.8. The fraction of sp³-hybridized carbons (Fsp3) is 0.577. The van der Waals surface area contributed by atoms with Gasteiger partial charge in [0.15, 0.2) is 0 Å². The summed E-state index contributed by atoms with van der Waals surface area (Å²) >= 11 is 0. The number of rotatable bonds is 5. The summed E-state index contributed by atoms with van der Waals surface area (Å²) in [6, 6.07) is 4.79. The van der Waals surface area contributed by atoms with Gasteiger partial charge in [-0.2, -0.15) is 18.3 Å². The zero-order chi connectivity index (χ0) is 25.3. The smallest absolute Gasteiger partial charge is 0.335 e. The van der Waals surface area contributed by atoms with Crippen LogP contribution in [-0.2, 0) is 11.0 Å². The highest BCUT2D eigenvalue weighted by Gasteiger charge is 2.34.